The highest BCUT2D eigenvalue weighted by Gasteiger charge is 2.52. The SMILES string of the molecule is CCNC(COCC1CCCCO1)(C(=O)OCC)C1CC1. The summed E-state index contributed by atoms with van der Waals surface area (Å²) in [4.78, 5) is 12.4. The Morgan fingerprint density at radius 1 is 1.29 bits per heavy atom. The fourth-order valence-corrected chi connectivity index (χ4v) is 3.05. The van der Waals surface area contributed by atoms with Gasteiger partial charge in [-0.25, -0.2) is 4.79 Å². The highest BCUT2D eigenvalue weighted by atomic mass is 16.5. The van der Waals surface area contributed by atoms with Gasteiger partial charge in [-0.3, -0.25) is 5.32 Å². The van der Waals surface area contributed by atoms with Crippen molar-refractivity contribution in [3.05, 3.63) is 0 Å². The summed E-state index contributed by atoms with van der Waals surface area (Å²) in [5.41, 5.74) is -0.667. The number of ether oxygens (including phenoxy) is 3. The summed E-state index contributed by atoms with van der Waals surface area (Å²) in [6.45, 7) is 6.78. The Hall–Kier alpha value is -0.650. The van der Waals surface area contributed by atoms with Crippen molar-refractivity contribution in [3.63, 3.8) is 0 Å². The van der Waals surface area contributed by atoms with Crippen LogP contribution >= 0.6 is 0 Å². The fourth-order valence-electron chi connectivity index (χ4n) is 3.05. The van der Waals surface area contributed by atoms with Crippen molar-refractivity contribution in [1.82, 2.24) is 5.32 Å². The molecule has 0 aromatic heterocycles. The van der Waals surface area contributed by atoms with Gasteiger partial charge in [-0.15, -0.1) is 0 Å². The van der Waals surface area contributed by atoms with E-state index >= 15 is 0 Å². The summed E-state index contributed by atoms with van der Waals surface area (Å²) in [5.74, 6) is 0.169. The Labute approximate surface area is 127 Å². The van der Waals surface area contributed by atoms with E-state index in [1.165, 1.54) is 6.42 Å². The Balaban J connectivity index is 1.89. The Morgan fingerprint density at radius 2 is 2.10 bits per heavy atom. The maximum atomic E-state index is 12.4. The zero-order chi connectivity index (χ0) is 15.1. The molecule has 0 amide bonds. The van der Waals surface area contributed by atoms with Crippen molar-refractivity contribution in [2.75, 3.05) is 33.0 Å². The number of nitrogens with one attached hydrogen (secondary N) is 1. The predicted octanol–water partition coefficient (Wildman–Crippen LogP) is 1.89. The maximum Gasteiger partial charge on any atom is 0.329 e. The first-order chi connectivity index (χ1) is 10.2. The second-order valence-electron chi connectivity index (χ2n) is 6.00. The molecule has 1 aliphatic carbocycles. The van der Waals surface area contributed by atoms with E-state index in [9.17, 15) is 4.79 Å². The van der Waals surface area contributed by atoms with Crippen LogP contribution in [0.15, 0.2) is 0 Å². The van der Waals surface area contributed by atoms with Crippen LogP contribution in [0.3, 0.4) is 0 Å². The van der Waals surface area contributed by atoms with Crippen LogP contribution in [0.5, 0.6) is 0 Å². The van der Waals surface area contributed by atoms with Gasteiger partial charge in [-0.05, 0) is 51.5 Å². The molecular formula is C16H29NO4. The standard InChI is InChI=1S/C16H29NO4/c1-3-17-16(13-8-9-13,15(18)20-4-2)12-19-11-14-7-5-6-10-21-14/h13-14,17H,3-12H2,1-2H3. The van der Waals surface area contributed by atoms with E-state index in [-0.39, 0.29) is 12.1 Å². The summed E-state index contributed by atoms with van der Waals surface area (Å²) >= 11 is 0. The molecule has 2 aliphatic rings. The first kappa shape index (κ1) is 16.7. The molecule has 2 atom stereocenters. The lowest BCUT2D eigenvalue weighted by Crippen LogP contribution is -2.58. The largest absolute Gasteiger partial charge is 0.465 e. The van der Waals surface area contributed by atoms with Crippen molar-refractivity contribution in [1.29, 1.82) is 0 Å². The minimum atomic E-state index is -0.667. The Bertz CT molecular complexity index is 326. The molecule has 1 saturated heterocycles. The van der Waals surface area contributed by atoms with Crippen molar-refractivity contribution in [2.24, 2.45) is 5.92 Å². The van der Waals surface area contributed by atoms with Crippen LogP contribution in [0.1, 0.15) is 46.0 Å². The summed E-state index contributed by atoms with van der Waals surface area (Å²) in [5, 5.41) is 3.34. The van der Waals surface area contributed by atoms with Gasteiger partial charge in [-0.1, -0.05) is 6.92 Å². The van der Waals surface area contributed by atoms with Gasteiger partial charge in [0.1, 0.15) is 5.54 Å². The predicted molar refractivity (Wildman–Crippen MR) is 80.2 cm³/mol. The molecule has 5 heteroatoms. The molecule has 1 heterocycles. The zero-order valence-corrected chi connectivity index (χ0v) is 13.4. The molecule has 1 saturated carbocycles. The highest BCUT2D eigenvalue weighted by Crippen LogP contribution is 2.41. The Kier molecular flexibility index (Phi) is 6.45. The molecule has 1 aliphatic heterocycles. The molecule has 2 unspecified atom stereocenters. The summed E-state index contributed by atoms with van der Waals surface area (Å²) < 4.78 is 16.8. The van der Waals surface area contributed by atoms with Crippen LogP contribution in [-0.2, 0) is 19.0 Å². The van der Waals surface area contributed by atoms with E-state index in [0.29, 0.717) is 25.7 Å². The molecule has 2 fully saturated rings. The van der Waals surface area contributed by atoms with Gasteiger partial charge in [0.2, 0.25) is 0 Å². The van der Waals surface area contributed by atoms with Crippen molar-refractivity contribution in [3.8, 4) is 0 Å². The van der Waals surface area contributed by atoms with E-state index in [2.05, 4.69) is 5.32 Å². The monoisotopic (exact) mass is 299 g/mol. The van der Waals surface area contributed by atoms with Gasteiger partial charge in [0.25, 0.3) is 0 Å². The molecule has 0 spiro atoms. The van der Waals surface area contributed by atoms with Gasteiger partial charge in [-0.2, -0.15) is 0 Å². The lowest BCUT2D eigenvalue weighted by Gasteiger charge is -2.33. The first-order valence-corrected chi connectivity index (χ1v) is 8.34. The van der Waals surface area contributed by atoms with Crippen LogP contribution in [0.4, 0.5) is 0 Å². The third kappa shape index (κ3) is 4.41. The maximum absolute atomic E-state index is 12.4. The van der Waals surface area contributed by atoms with E-state index < -0.39 is 5.54 Å². The van der Waals surface area contributed by atoms with Gasteiger partial charge >= 0.3 is 5.97 Å². The molecule has 0 radical (unpaired) electrons. The van der Waals surface area contributed by atoms with Crippen molar-refractivity contribution < 1.29 is 19.0 Å². The van der Waals surface area contributed by atoms with E-state index in [1.807, 2.05) is 13.8 Å². The van der Waals surface area contributed by atoms with Crippen LogP contribution in [0.25, 0.3) is 0 Å². The number of hydrogen-bond acceptors (Lipinski definition) is 5. The van der Waals surface area contributed by atoms with Crippen LogP contribution in [0, 0.1) is 5.92 Å². The third-order valence-corrected chi connectivity index (χ3v) is 4.31. The molecule has 0 bridgehead atoms. The number of carbonyl (C=O) groups excluding carboxylic acids is 1. The van der Waals surface area contributed by atoms with E-state index in [1.54, 1.807) is 0 Å². The normalized spacial score (nSPS) is 25.3. The molecule has 122 valence electrons. The molecule has 0 aromatic carbocycles. The molecule has 0 aromatic rings. The zero-order valence-electron chi connectivity index (χ0n) is 13.4. The topological polar surface area (TPSA) is 56.8 Å². The molecule has 2 rings (SSSR count). The average molecular weight is 299 g/mol. The van der Waals surface area contributed by atoms with Gasteiger partial charge < -0.3 is 14.2 Å². The van der Waals surface area contributed by atoms with Crippen LogP contribution in [0.2, 0.25) is 0 Å². The molecular weight excluding hydrogens is 270 g/mol. The van der Waals surface area contributed by atoms with Crippen LogP contribution < -0.4 is 5.32 Å². The first-order valence-electron chi connectivity index (χ1n) is 8.34. The number of likely N-dealkylation sites (N-methyl/N-ethyl adjacent to an activating group) is 1. The molecule has 21 heavy (non-hydrogen) atoms. The van der Waals surface area contributed by atoms with Gasteiger partial charge in [0, 0.05) is 6.61 Å². The number of carbonyl (C=O) groups is 1. The van der Waals surface area contributed by atoms with E-state index in [0.717, 1.165) is 38.8 Å². The minimum absolute atomic E-state index is 0.168. The second kappa shape index (κ2) is 8.11. The average Bonchev–Trinajstić information content (AvgIpc) is 3.32. The van der Waals surface area contributed by atoms with Crippen molar-refractivity contribution in [2.45, 2.75) is 57.6 Å². The smallest absolute Gasteiger partial charge is 0.329 e. The van der Waals surface area contributed by atoms with Crippen molar-refractivity contribution >= 4 is 5.97 Å². The fraction of sp³-hybridized carbons (Fsp3) is 0.938. The lowest BCUT2D eigenvalue weighted by molar-refractivity contribution is -0.156. The number of hydrogen-bond donors (Lipinski definition) is 1. The number of rotatable bonds is 9. The number of esters is 1. The minimum Gasteiger partial charge on any atom is -0.465 e. The van der Waals surface area contributed by atoms with Crippen LogP contribution in [-0.4, -0.2) is 50.6 Å². The third-order valence-electron chi connectivity index (χ3n) is 4.31. The highest BCUT2D eigenvalue weighted by molar-refractivity contribution is 5.82. The Morgan fingerprint density at radius 3 is 2.67 bits per heavy atom. The summed E-state index contributed by atoms with van der Waals surface area (Å²) in [6.07, 6.45) is 5.70. The van der Waals surface area contributed by atoms with Gasteiger partial charge in [0.15, 0.2) is 0 Å². The quantitative estimate of drug-likeness (QED) is 0.659. The molecule has 5 nitrogen and oxygen atoms in total. The summed E-state index contributed by atoms with van der Waals surface area (Å²) in [6, 6.07) is 0. The lowest BCUT2D eigenvalue weighted by atomic mass is 9.94. The summed E-state index contributed by atoms with van der Waals surface area (Å²) in [7, 11) is 0. The van der Waals surface area contributed by atoms with Gasteiger partial charge in [0.05, 0.1) is 25.9 Å². The van der Waals surface area contributed by atoms with E-state index in [4.69, 9.17) is 14.2 Å². The second-order valence-corrected chi connectivity index (χ2v) is 6.00. The molecule has 1 N–H and O–H groups in total.